The number of fused-ring (bicyclic) bond motifs is 1. The summed E-state index contributed by atoms with van der Waals surface area (Å²) in [6.45, 7) is 0. The van der Waals surface area contributed by atoms with Crippen LogP contribution in [0.25, 0.3) is 0 Å². The van der Waals surface area contributed by atoms with E-state index in [-0.39, 0.29) is 11.5 Å². The lowest BCUT2D eigenvalue weighted by atomic mass is 9.94. The third-order valence-electron chi connectivity index (χ3n) is 3.28. The van der Waals surface area contributed by atoms with Gasteiger partial charge in [-0.3, -0.25) is 0 Å². The molecule has 0 saturated heterocycles. The van der Waals surface area contributed by atoms with Crippen molar-refractivity contribution in [3.05, 3.63) is 53.6 Å². The Morgan fingerprint density at radius 2 is 1.79 bits per heavy atom. The summed E-state index contributed by atoms with van der Waals surface area (Å²) < 4.78 is 5.74. The molecule has 98 valence electrons. The number of ether oxygens (including phenoxy) is 1. The van der Waals surface area contributed by atoms with Crippen molar-refractivity contribution < 1.29 is 20.1 Å². The normalized spacial score (nSPS) is 21.5. The van der Waals surface area contributed by atoms with E-state index < -0.39 is 12.2 Å². The predicted octanol–water partition coefficient (Wildman–Crippen LogP) is 2.13. The highest BCUT2D eigenvalue weighted by atomic mass is 16.5. The Hall–Kier alpha value is -2.20. The molecule has 1 aliphatic rings. The molecule has 1 heterocycles. The summed E-state index contributed by atoms with van der Waals surface area (Å²) in [4.78, 5) is 0. The van der Waals surface area contributed by atoms with E-state index in [9.17, 15) is 15.3 Å². The zero-order valence-corrected chi connectivity index (χ0v) is 10.2. The van der Waals surface area contributed by atoms with Gasteiger partial charge in [0.15, 0.2) is 0 Å². The van der Waals surface area contributed by atoms with Crippen molar-refractivity contribution >= 4 is 0 Å². The summed E-state index contributed by atoms with van der Waals surface area (Å²) >= 11 is 0. The monoisotopic (exact) mass is 258 g/mol. The first-order valence-electron chi connectivity index (χ1n) is 6.09. The lowest BCUT2D eigenvalue weighted by molar-refractivity contribution is 0.0205. The van der Waals surface area contributed by atoms with Crippen molar-refractivity contribution in [1.82, 2.24) is 0 Å². The Morgan fingerprint density at radius 3 is 2.58 bits per heavy atom. The van der Waals surface area contributed by atoms with Crippen LogP contribution >= 0.6 is 0 Å². The molecule has 4 nitrogen and oxygen atoms in total. The first kappa shape index (κ1) is 11.9. The minimum absolute atomic E-state index is 0.129. The maximum absolute atomic E-state index is 10.2. The molecular formula is C15H14O4. The van der Waals surface area contributed by atoms with Gasteiger partial charge in [0.1, 0.15) is 23.4 Å². The summed E-state index contributed by atoms with van der Waals surface area (Å²) in [5, 5.41) is 29.1. The summed E-state index contributed by atoms with van der Waals surface area (Å²) in [5.41, 5.74) is 1.57. The van der Waals surface area contributed by atoms with Crippen LogP contribution in [-0.4, -0.2) is 21.4 Å². The fourth-order valence-corrected chi connectivity index (χ4v) is 2.36. The third-order valence-corrected chi connectivity index (χ3v) is 3.28. The lowest BCUT2D eigenvalue weighted by Crippen LogP contribution is -2.30. The van der Waals surface area contributed by atoms with Gasteiger partial charge in [-0.1, -0.05) is 18.2 Å². The topological polar surface area (TPSA) is 69.9 Å². The highest BCUT2D eigenvalue weighted by Gasteiger charge is 2.30. The smallest absolute Gasteiger partial charge is 0.150 e. The molecule has 3 rings (SSSR count). The Morgan fingerprint density at radius 1 is 1.00 bits per heavy atom. The molecule has 3 N–H and O–H groups in total. The molecule has 0 aliphatic carbocycles. The van der Waals surface area contributed by atoms with E-state index in [2.05, 4.69) is 0 Å². The average molecular weight is 258 g/mol. The molecule has 0 radical (unpaired) electrons. The van der Waals surface area contributed by atoms with E-state index in [0.29, 0.717) is 17.7 Å². The summed E-state index contributed by atoms with van der Waals surface area (Å²) in [6.07, 6.45) is -0.768. The number of aromatic hydroxyl groups is 2. The number of aliphatic hydroxyl groups is 1. The second-order valence-electron chi connectivity index (χ2n) is 4.70. The molecule has 1 aliphatic heterocycles. The van der Waals surface area contributed by atoms with E-state index in [1.807, 2.05) is 0 Å². The van der Waals surface area contributed by atoms with Crippen molar-refractivity contribution in [2.45, 2.75) is 18.6 Å². The lowest BCUT2D eigenvalue weighted by Gasteiger charge is -2.31. The van der Waals surface area contributed by atoms with Crippen LogP contribution in [0.5, 0.6) is 17.2 Å². The molecule has 0 fully saturated rings. The number of hydrogen-bond donors (Lipinski definition) is 3. The summed E-state index contributed by atoms with van der Waals surface area (Å²) in [5.74, 6) is 0.832. The third kappa shape index (κ3) is 2.22. The van der Waals surface area contributed by atoms with Crippen LogP contribution in [0.15, 0.2) is 42.5 Å². The van der Waals surface area contributed by atoms with Crippen LogP contribution in [0.1, 0.15) is 17.2 Å². The molecule has 4 heteroatoms. The fraction of sp³-hybridized carbons (Fsp3) is 0.200. The molecule has 2 atom stereocenters. The number of benzene rings is 2. The van der Waals surface area contributed by atoms with Gasteiger partial charge in [-0.05, 0) is 29.3 Å². The van der Waals surface area contributed by atoms with Crippen LogP contribution in [0.3, 0.4) is 0 Å². The Kier molecular flexibility index (Phi) is 2.80. The van der Waals surface area contributed by atoms with E-state index in [4.69, 9.17) is 4.74 Å². The minimum Gasteiger partial charge on any atom is -0.508 e. The number of phenolic OH excluding ortho intramolecular Hbond substituents is 2. The molecule has 0 bridgehead atoms. The summed E-state index contributed by atoms with van der Waals surface area (Å²) in [7, 11) is 0. The predicted molar refractivity (Wildman–Crippen MR) is 69.3 cm³/mol. The van der Waals surface area contributed by atoms with E-state index >= 15 is 0 Å². The Bertz CT molecular complexity index is 609. The van der Waals surface area contributed by atoms with Crippen LogP contribution < -0.4 is 4.74 Å². The number of rotatable bonds is 1. The van der Waals surface area contributed by atoms with E-state index in [1.54, 1.807) is 36.4 Å². The molecule has 0 unspecified atom stereocenters. The zero-order valence-electron chi connectivity index (χ0n) is 10.2. The van der Waals surface area contributed by atoms with Crippen molar-refractivity contribution in [3.8, 4) is 17.2 Å². The first-order chi connectivity index (χ1) is 9.13. The largest absolute Gasteiger partial charge is 0.508 e. The highest BCUT2D eigenvalue weighted by molar-refractivity contribution is 5.43. The second kappa shape index (κ2) is 4.48. The standard InChI is InChI=1S/C15H14O4/c16-11-3-1-2-10(6-11)15-13(18)7-9-4-5-12(17)8-14(9)19-15/h1-6,8,13,15-18H,7H2/t13-,15-/m1/s1. The van der Waals surface area contributed by atoms with Crippen LogP contribution in [0.2, 0.25) is 0 Å². The van der Waals surface area contributed by atoms with Crippen molar-refractivity contribution in [3.63, 3.8) is 0 Å². The van der Waals surface area contributed by atoms with Gasteiger partial charge in [-0.15, -0.1) is 0 Å². The van der Waals surface area contributed by atoms with Gasteiger partial charge in [0.05, 0.1) is 6.10 Å². The van der Waals surface area contributed by atoms with Gasteiger partial charge >= 0.3 is 0 Å². The fourth-order valence-electron chi connectivity index (χ4n) is 2.36. The van der Waals surface area contributed by atoms with Gasteiger partial charge < -0.3 is 20.1 Å². The highest BCUT2D eigenvalue weighted by Crippen LogP contribution is 2.37. The van der Waals surface area contributed by atoms with Crippen molar-refractivity contribution in [1.29, 1.82) is 0 Å². The van der Waals surface area contributed by atoms with E-state index in [1.165, 1.54) is 6.07 Å². The molecule has 0 amide bonds. The van der Waals surface area contributed by atoms with Crippen molar-refractivity contribution in [2.24, 2.45) is 0 Å². The second-order valence-corrected chi connectivity index (χ2v) is 4.70. The maximum Gasteiger partial charge on any atom is 0.150 e. The molecule has 0 spiro atoms. The number of phenols is 2. The molecule has 0 saturated carbocycles. The maximum atomic E-state index is 10.2. The van der Waals surface area contributed by atoms with Crippen molar-refractivity contribution in [2.75, 3.05) is 0 Å². The van der Waals surface area contributed by atoms with Gasteiger partial charge in [0, 0.05) is 12.5 Å². The number of hydrogen-bond acceptors (Lipinski definition) is 4. The zero-order chi connectivity index (χ0) is 13.4. The SMILES string of the molecule is Oc1cccc([C@H]2Oc3cc(O)ccc3C[C@H]2O)c1. The molecule has 2 aromatic carbocycles. The van der Waals surface area contributed by atoms with Gasteiger partial charge in [0.25, 0.3) is 0 Å². The van der Waals surface area contributed by atoms with Crippen LogP contribution in [0.4, 0.5) is 0 Å². The number of aliphatic hydroxyl groups excluding tert-OH is 1. The van der Waals surface area contributed by atoms with Gasteiger partial charge in [0.2, 0.25) is 0 Å². The molecule has 19 heavy (non-hydrogen) atoms. The average Bonchev–Trinajstić information content (AvgIpc) is 2.38. The molecule has 2 aromatic rings. The minimum atomic E-state index is -0.682. The first-order valence-corrected chi connectivity index (χ1v) is 6.09. The Labute approximate surface area is 110 Å². The van der Waals surface area contributed by atoms with Gasteiger partial charge in [-0.25, -0.2) is 0 Å². The van der Waals surface area contributed by atoms with E-state index in [0.717, 1.165) is 5.56 Å². The van der Waals surface area contributed by atoms with Gasteiger partial charge in [-0.2, -0.15) is 0 Å². The molecular weight excluding hydrogens is 244 g/mol. The Balaban J connectivity index is 1.97. The summed E-state index contributed by atoms with van der Waals surface area (Å²) in [6, 6.07) is 11.5. The van der Waals surface area contributed by atoms with Crippen LogP contribution in [0, 0.1) is 0 Å². The quantitative estimate of drug-likeness (QED) is 0.733. The molecule has 0 aromatic heterocycles. The van der Waals surface area contributed by atoms with Crippen LogP contribution in [-0.2, 0) is 6.42 Å².